The third-order valence-corrected chi connectivity index (χ3v) is 2.62. The standard InChI is InChI=1S/C14H23NO2/c1-11-6-5-7-12(10-15-4)13(11)17-9-8-14(2,3)16/h5-7,15-16H,8-10H2,1-4H3. The predicted octanol–water partition coefficient (Wildman–Crippen LogP) is 2.25. The molecule has 0 fully saturated rings. The number of benzene rings is 1. The Morgan fingerprint density at radius 2 is 2.06 bits per heavy atom. The average Bonchev–Trinajstić information content (AvgIpc) is 2.21. The molecule has 0 saturated heterocycles. The number of nitrogens with one attached hydrogen (secondary N) is 1. The number of hydrogen-bond donors (Lipinski definition) is 2. The third kappa shape index (κ3) is 4.75. The van der Waals surface area contributed by atoms with E-state index in [1.165, 1.54) is 0 Å². The topological polar surface area (TPSA) is 41.5 Å². The van der Waals surface area contributed by atoms with Gasteiger partial charge in [0.2, 0.25) is 0 Å². The monoisotopic (exact) mass is 237 g/mol. The second kappa shape index (κ2) is 6.03. The molecule has 3 nitrogen and oxygen atoms in total. The van der Waals surface area contributed by atoms with Crippen LogP contribution in [0.2, 0.25) is 0 Å². The van der Waals surface area contributed by atoms with Crippen molar-refractivity contribution in [3.05, 3.63) is 29.3 Å². The van der Waals surface area contributed by atoms with Crippen LogP contribution in [0.5, 0.6) is 5.75 Å². The summed E-state index contributed by atoms with van der Waals surface area (Å²) in [5, 5.41) is 12.8. The molecule has 0 radical (unpaired) electrons. The third-order valence-electron chi connectivity index (χ3n) is 2.62. The van der Waals surface area contributed by atoms with Crippen LogP contribution in [0.3, 0.4) is 0 Å². The first-order chi connectivity index (χ1) is 7.94. The number of aliphatic hydroxyl groups is 1. The molecule has 1 rings (SSSR count). The molecule has 0 saturated carbocycles. The van der Waals surface area contributed by atoms with Crippen LogP contribution in [-0.2, 0) is 6.54 Å². The van der Waals surface area contributed by atoms with E-state index in [0.717, 1.165) is 23.4 Å². The normalized spacial score (nSPS) is 11.6. The van der Waals surface area contributed by atoms with Crippen molar-refractivity contribution in [3.63, 3.8) is 0 Å². The lowest BCUT2D eigenvalue weighted by Gasteiger charge is -2.19. The Bertz CT molecular complexity index is 356. The van der Waals surface area contributed by atoms with Gasteiger partial charge in [0, 0.05) is 18.5 Å². The van der Waals surface area contributed by atoms with Gasteiger partial charge in [-0.05, 0) is 33.4 Å². The van der Waals surface area contributed by atoms with E-state index in [9.17, 15) is 5.11 Å². The van der Waals surface area contributed by atoms with E-state index in [0.29, 0.717) is 13.0 Å². The fourth-order valence-corrected chi connectivity index (χ4v) is 1.65. The van der Waals surface area contributed by atoms with Gasteiger partial charge in [-0.3, -0.25) is 0 Å². The summed E-state index contributed by atoms with van der Waals surface area (Å²) in [5.41, 5.74) is 1.61. The number of para-hydroxylation sites is 1. The minimum absolute atomic E-state index is 0.533. The maximum atomic E-state index is 9.65. The molecular weight excluding hydrogens is 214 g/mol. The van der Waals surface area contributed by atoms with E-state index in [1.807, 2.05) is 26.1 Å². The Morgan fingerprint density at radius 1 is 1.35 bits per heavy atom. The summed E-state index contributed by atoms with van der Waals surface area (Å²) in [6.45, 7) is 6.95. The maximum absolute atomic E-state index is 9.65. The summed E-state index contributed by atoms with van der Waals surface area (Å²) < 4.78 is 5.80. The number of rotatable bonds is 6. The molecule has 0 bridgehead atoms. The summed E-state index contributed by atoms with van der Waals surface area (Å²) >= 11 is 0. The molecule has 0 atom stereocenters. The molecule has 96 valence electrons. The molecule has 0 aromatic heterocycles. The second-order valence-corrected chi connectivity index (χ2v) is 5.00. The first-order valence-corrected chi connectivity index (χ1v) is 6.02. The van der Waals surface area contributed by atoms with Crippen molar-refractivity contribution in [2.75, 3.05) is 13.7 Å². The molecule has 17 heavy (non-hydrogen) atoms. The molecule has 1 aromatic carbocycles. The van der Waals surface area contributed by atoms with Gasteiger partial charge < -0.3 is 15.2 Å². The molecule has 0 spiro atoms. The summed E-state index contributed by atoms with van der Waals surface area (Å²) in [6, 6.07) is 6.13. The van der Waals surface area contributed by atoms with Gasteiger partial charge in [-0.25, -0.2) is 0 Å². The predicted molar refractivity (Wildman–Crippen MR) is 70.4 cm³/mol. The number of ether oxygens (including phenoxy) is 1. The van der Waals surface area contributed by atoms with E-state index >= 15 is 0 Å². The summed E-state index contributed by atoms with van der Waals surface area (Å²) in [7, 11) is 1.92. The molecule has 2 N–H and O–H groups in total. The Morgan fingerprint density at radius 3 is 2.65 bits per heavy atom. The van der Waals surface area contributed by atoms with Crippen LogP contribution in [0.15, 0.2) is 18.2 Å². The highest BCUT2D eigenvalue weighted by Crippen LogP contribution is 2.24. The fraction of sp³-hybridized carbons (Fsp3) is 0.571. The minimum Gasteiger partial charge on any atom is -0.493 e. The molecule has 0 aliphatic carbocycles. The van der Waals surface area contributed by atoms with E-state index < -0.39 is 5.60 Å². The zero-order valence-corrected chi connectivity index (χ0v) is 11.2. The van der Waals surface area contributed by atoms with Gasteiger partial charge in [-0.15, -0.1) is 0 Å². The lowest BCUT2D eigenvalue weighted by Crippen LogP contribution is -2.22. The van der Waals surface area contributed by atoms with Gasteiger partial charge in [-0.1, -0.05) is 18.2 Å². The molecule has 3 heteroatoms. The van der Waals surface area contributed by atoms with Gasteiger partial charge in [0.1, 0.15) is 5.75 Å². The minimum atomic E-state index is -0.675. The van der Waals surface area contributed by atoms with Crippen LogP contribution in [0.25, 0.3) is 0 Å². The summed E-state index contributed by atoms with van der Waals surface area (Å²) in [4.78, 5) is 0. The molecule has 0 aliphatic heterocycles. The lowest BCUT2D eigenvalue weighted by molar-refractivity contribution is 0.0551. The second-order valence-electron chi connectivity index (χ2n) is 5.00. The van der Waals surface area contributed by atoms with E-state index in [2.05, 4.69) is 11.4 Å². The van der Waals surface area contributed by atoms with Crippen molar-refractivity contribution in [2.45, 2.75) is 39.3 Å². The molecule has 0 unspecified atom stereocenters. The van der Waals surface area contributed by atoms with Gasteiger partial charge in [0.15, 0.2) is 0 Å². The van der Waals surface area contributed by atoms with Crippen LogP contribution < -0.4 is 10.1 Å². The van der Waals surface area contributed by atoms with Crippen LogP contribution in [-0.4, -0.2) is 24.4 Å². The summed E-state index contributed by atoms with van der Waals surface area (Å²) in [6.07, 6.45) is 0.625. The molecule has 0 heterocycles. The molecular formula is C14H23NO2. The van der Waals surface area contributed by atoms with Crippen LogP contribution in [0.1, 0.15) is 31.4 Å². The quantitative estimate of drug-likeness (QED) is 0.797. The number of hydrogen-bond acceptors (Lipinski definition) is 3. The van der Waals surface area contributed by atoms with Crippen molar-refractivity contribution >= 4 is 0 Å². The van der Waals surface area contributed by atoms with Crippen molar-refractivity contribution in [3.8, 4) is 5.75 Å². The lowest BCUT2D eigenvalue weighted by atomic mass is 10.1. The SMILES string of the molecule is CNCc1cccc(C)c1OCCC(C)(C)O. The molecule has 0 amide bonds. The molecule has 1 aromatic rings. The highest BCUT2D eigenvalue weighted by molar-refractivity contribution is 5.40. The number of aryl methyl sites for hydroxylation is 1. The largest absolute Gasteiger partial charge is 0.493 e. The highest BCUT2D eigenvalue weighted by Gasteiger charge is 2.13. The first-order valence-electron chi connectivity index (χ1n) is 6.02. The van der Waals surface area contributed by atoms with Gasteiger partial charge in [-0.2, -0.15) is 0 Å². The van der Waals surface area contributed by atoms with Crippen molar-refractivity contribution in [2.24, 2.45) is 0 Å². The highest BCUT2D eigenvalue weighted by atomic mass is 16.5. The van der Waals surface area contributed by atoms with Crippen molar-refractivity contribution in [1.82, 2.24) is 5.32 Å². The summed E-state index contributed by atoms with van der Waals surface area (Å²) in [5.74, 6) is 0.936. The molecule has 0 aliphatic rings. The van der Waals surface area contributed by atoms with E-state index in [-0.39, 0.29) is 0 Å². The van der Waals surface area contributed by atoms with Crippen LogP contribution in [0, 0.1) is 6.92 Å². The Labute approximate surface area is 104 Å². The Hall–Kier alpha value is -1.06. The average molecular weight is 237 g/mol. The van der Waals surface area contributed by atoms with E-state index in [1.54, 1.807) is 13.8 Å². The van der Waals surface area contributed by atoms with Gasteiger partial charge in [0.05, 0.1) is 12.2 Å². The van der Waals surface area contributed by atoms with E-state index in [4.69, 9.17) is 4.74 Å². The smallest absolute Gasteiger partial charge is 0.126 e. The van der Waals surface area contributed by atoms with Crippen LogP contribution >= 0.6 is 0 Å². The zero-order valence-electron chi connectivity index (χ0n) is 11.2. The Kier molecular flexibility index (Phi) is 4.97. The van der Waals surface area contributed by atoms with Crippen molar-refractivity contribution in [1.29, 1.82) is 0 Å². The van der Waals surface area contributed by atoms with Gasteiger partial charge >= 0.3 is 0 Å². The van der Waals surface area contributed by atoms with Gasteiger partial charge in [0.25, 0.3) is 0 Å². The maximum Gasteiger partial charge on any atom is 0.126 e. The Balaban J connectivity index is 2.68. The first kappa shape index (κ1) is 14.0. The van der Waals surface area contributed by atoms with Crippen LogP contribution in [0.4, 0.5) is 0 Å². The fourth-order valence-electron chi connectivity index (χ4n) is 1.65. The zero-order chi connectivity index (χ0) is 12.9. The van der Waals surface area contributed by atoms with Crippen molar-refractivity contribution < 1.29 is 9.84 Å².